The van der Waals surface area contributed by atoms with Crippen molar-refractivity contribution in [3.05, 3.63) is 59.9 Å². The van der Waals surface area contributed by atoms with Crippen molar-refractivity contribution in [3.63, 3.8) is 0 Å². The van der Waals surface area contributed by atoms with E-state index in [0.717, 1.165) is 5.56 Å². The first-order valence-corrected chi connectivity index (χ1v) is 5.72. The number of benzene rings is 2. The molecule has 0 saturated heterocycles. The zero-order valence-electron chi connectivity index (χ0n) is 10.1. The fraction of sp³-hybridized carbons (Fsp3) is 0.0714. The molecule has 0 aliphatic rings. The Kier molecular flexibility index (Phi) is 3.97. The van der Waals surface area contributed by atoms with Crippen molar-refractivity contribution in [1.82, 2.24) is 5.32 Å². The van der Waals surface area contributed by atoms with Crippen LogP contribution in [-0.2, 0) is 6.54 Å². The minimum Gasteiger partial charge on any atom is -0.508 e. The molecule has 3 N–H and O–H groups in total. The van der Waals surface area contributed by atoms with Gasteiger partial charge in [0.25, 0.3) is 0 Å². The third-order valence-electron chi connectivity index (χ3n) is 2.51. The summed E-state index contributed by atoms with van der Waals surface area (Å²) < 4.78 is 13.3. The lowest BCUT2D eigenvalue weighted by Crippen LogP contribution is -2.28. The average molecular weight is 260 g/mol. The van der Waals surface area contributed by atoms with Crippen LogP contribution < -0.4 is 10.6 Å². The molecule has 19 heavy (non-hydrogen) atoms. The number of nitrogens with one attached hydrogen (secondary N) is 2. The number of anilines is 1. The van der Waals surface area contributed by atoms with Crippen LogP contribution in [0.15, 0.2) is 48.5 Å². The summed E-state index contributed by atoms with van der Waals surface area (Å²) >= 11 is 0. The number of halogens is 1. The number of hydrogen-bond donors (Lipinski definition) is 3. The molecule has 0 bridgehead atoms. The normalized spacial score (nSPS) is 9.95. The summed E-state index contributed by atoms with van der Waals surface area (Å²) in [5.41, 5.74) is 0.965. The van der Waals surface area contributed by atoms with Gasteiger partial charge in [-0.25, -0.2) is 9.18 Å². The van der Waals surface area contributed by atoms with Gasteiger partial charge in [-0.1, -0.05) is 24.3 Å². The van der Waals surface area contributed by atoms with Crippen LogP contribution in [0.25, 0.3) is 0 Å². The first-order valence-electron chi connectivity index (χ1n) is 5.72. The lowest BCUT2D eigenvalue weighted by atomic mass is 10.2. The number of hydrogen-bond acceptors (Lipinski definition) is 2. The molecule has 2 rings (SSSR count). The molecule has 0 fully saturated rings. The quantitative estimate of drug-likeness (QED) is 0.794. The summed E-state index contributed by atoms with van der Waals surface area (Å²) in [6.07, 6.45) is 0. The smallest absolute Gasteiger partial charge is 0.319 e. The number of para-hydroxylation sites is 1. The second-order valence-corrected chi connectivity index (χ2v) is 3.95. The number of amides is 2. The minimum atomic E-state index is -0.488. The Bertz CT molecular complexity index is 570. The highest BCUT2D eigenvalue weighted by molar-refractivity contribution is 5.89. The number of rotatable bonds is 3. The number of carbonyl (C=O) groups excluding carboxylic acids is 1. The van der Waals surface area contributed by atoms with E-state index in [4.69, 9.17) is 5.11 Å². The molecule has 5 heteroatoms. The Labute approximate surface area is 109 Å². The third kappa shape index (κ3) is 3.70. The van der Waals surface area contributed by atoms with E-state index >= 15 is 0 Å². The fourth-order valence-electron chi connectivity index (χ4n) is 1.53. The second kappa shape index (κ2) is 5.86. The van der Waals surface area contributed by atoms with Gasteiger partial charge in [-0.2, -0.15) is 0 Å². The molecule has 0 unspecified atom stereocenters. The second-order valence-electron chi connectivity index (χ2n) is 3.95. The first kappa shape index (κ1) is 12.9. The van der Waals surface area contributed by atoms with Crippen molar-refractivity contribution in [2.24, 2.45) is 0 Å². The Morgan fingerprint density at radius 2 is 1.79 bits per heavy atom. The standard InChI is InChI=1S/C14H13FN2O2/c15-12-3-1-2-4-13(12)17-14(19)16-9-10-5-7-11(18)8-6-10/h1-8,18H,9H2,(H2,16,17,19). The monoisotopic (exact) mass is 260 g/mol. The molecule has 0 aliphatic heterocycles. The van der Waals surface area contributed by atoms with Crippen molar-refractivity contribution in [1.29, 1.82) is 0 Å². The Morgan fingerprint density at radius 3 is 2.47 bits per heavy atom. The highest BCUT2D eigenvalue weighted by atomic mass is 19.1. The van der Waals surface area contributed by atoms with Crippen LogP contribution in [0.4, 0.5) is 14.9 Å². The van der Waals surface area contributed by atoms with Crippen LogP contribution in [0, 0.1) is 5.82 Å². The molecule has 4 nitrogen and oxygen atoms in total. The van der Waals surface area contributed by atoms with E-state index in [2.05, 4.69) is 10.6 Å². The van der Waals surface area contributed by atoms with E-state index in [9.17, 15) is 9.18 Å². The van der Waals surface area contributed by atoms with E-state index in [1.54, 1.807) is 24.3 Å². The van der Waals surface area contributed by atoms with Gasteiger partial charge < -0.3 is 15.7 Å². The summed E-state index contributed by atoms with van der Waals surface area (Å²) in [5, 5.41) is 14.1. The molecular weight excluding hydrogens is 247 g/mol. The number of aromatic hydroxyl groups is 1. The highest BCUT2D eigenvalue weighted by Gasteiger charge is 2.05. The summed E-state index contributed by atoms with van der Waals surface area (Å²) in [5.74, 6) is -0.318. The molecule has 0 heterocycles. The molecule has 2 amide bonds. The van der Waals surface area contributed by atoms with Gasteiger partial charge in [0, 0.05) is 6.54 Å². The summed E-state index contributed by atoms with van der Waals surface area (Å²) in [6.45, 7) is 0.292. The maximum absolute atomic E-state index is 13.3. The van der Waals surface area contributed by atoms with Crippen molar-refractivity contribution in [2.75, 3.05) is 5.32 Å². The molecule has 0 atom stereocenters. The lowest BCUT2D eigenvalue weighted by molar-refractivity contribution is 0.251. The fourth-order valence-corrected chi connectivity index (χ4v) is 1.53. The summed E-state index contributed by atoms with van der Waals surface area (Å²) in [7, 11) is 0. The maximum Gasteiger partial charge on any atom is 0.319 e. The predicted octanol–water partition coefficient (Wildman–Crippen LogP) is 2.85. The van der Waals surface area contributed by atoms with E-state index in [1.807, 2.05) is 0 Å². The number of phenols is 1. The molecule has 2 aromatic rings. The SMILES string of the molecule is O=C(NCc1ccc(O)cc1)Nc1ccccc1F. The number of phenolic OH excluding ortho intramolecular Hbond substituents is 1. The Hall–Kier alpha value is -2.56. The molecule has 98 valence electrons. The van der Waals surface area contributed by atoms with Crippen molar-refractivity contribution >= 4 is 11.7 Å². The van der Waals surface area contributed by atoms with Gasteiger partial charge in [0.05, 0.1) is 5.69 Å². The molecule has 2 aromatic carbocycles. The zero-order valence-corrected chi connectivity index (χ0v) is 10.1. The minimum absolute atomic E-state index is 0.130. The molecule has 0 aromatic heterocycles. The Morgan fingerprint density at radius 1 is 1.11 bits per heavy atom. The first-order chi connectivity index (χ1) is 9.15. The van der Waals surface area contributed by atoms with E-state index < -0.39 is 11.8 Å². The van der Waals surface area contributed by atoms with Gasteiger partial charge in [0.15, 0.2) is 0 Å². The topological polar surface area (TPSA) is 61.4 Å². The van der Waals surface area contributed by atoms with Crippen LogP contribution in [-0.4, -0.2) is 11.1 Å². The predicted molar refractivity (Wildman–Crippen MR) is 70.4 cm³/mol. The van der Waals surface area contributed by atoms with Gasteiger partial charge in [0.2, 0.25) is 0 Å². The van der Waals surface area contributed by atoms with E-state index in [-0.39, 0.29) is 11.4 Å². The van der Waals surface area contributed by atoms with E-state index in [1.165, 1.54) is 24.3 Å². The summed E-state index contributed by atoms with van der Waals surface area (Å²) in [4.78, 5) is 11.6. The van der Waals surface area contributed by atoms with Gasteiger partial charge >= 0.3 is 6.03 Å². The largest absolute Gasteiger partial charge is 0.508 e. The third-order valence-corrected chi connectivity index (χ3v) is 2.51. The van der Waals surface area contributed by atoms with Crippen LogP contribution in [0.2, 0.25) is 0 Å². The van der Waals surface area contributed by atoms with Crippen molar-refractivity contribution in [2.45, 2.75) is 6.54 Å². The van der Waals surface area contributed by atoms with Gasteiger partial charge in [0.1, 0.15) is 11.6 Å². The average Bonchev–Trinajstić information content (AvgIpc) is 2.41. The van der Waals surface area contributed by atoms with Gasteiger partial charge in [-0.3, -0.25) is 0 Å². The molecule has 0 aliphatic carbocycles. The van der Waals surface area contributed by atoms with E-state index in [0.29, 0.717) is 6.54 Å². The van der Waals surface area contributed by atoms with Gasteiger partial charge in [-0.15, -0.1) is 0 Å². The van der Waals surface area contributed by atoms with Crippen LogP contribution in [0.3, 0.4) is 0 Å². The number of urea groups is 1. The molecular formula is C14H13FN2O2. The van der Waals surface area contributed by atoms with Crippen molar-refractivity contribution in [3.8, 4) is 5.75 Å². The summed E-state index contributed by atoms with van der Waals surface area (Å²) in [6, 6.07) is 11.9. The highest BCUT2D eigenvalue weighted by Crippen LogP contribution is 2.12. The molecule has 0 spiro atoms. The molecule has 0 saturated carbocycles. The van der Waals surface area contributed by atoms with Crippen LogP contribution >= 0.6 is 0 Å². The lowest BCUT2D eigenvalue weighted by Gasteiger charge is -2.08. The van der Waals surface area contributed by atoms with Crippen molar-refractivity contribution < 1.29 is 14.3 Å². The number of carbonyl (C=O) groups is 1. The zero-order chi connectivity index (χ0) is 13.7. The van der Waals surface area contributed by atoms with Crippen LogP contribution in [0.1, 0.15) is 5.56 Å². The maximum atomic E-state index is 13.3. The van der Waals surface area contributed by atoms with Crippen LogP contribution in [0.5, 0.6) is 5.75 Å². The molecule has 0 radical (unpaired) electrons. The van der Waals surface area contributed by atoms with Gasteiger partial charge in [-0.05, 0) is 29.8 Å². The Balaban J connectivity index is 1.88.